The molecule has 10 atom stereocenters. The lowest BCUT2D eigenvalue weighted by molar-refractivity contribution is -0.312. The summed E-state index contributed by atoms with van der Waals surface area (Å²) in [6.45, 7) is -2.39. The summed E-state index contributed by atoms with van der Waals surface area (Å²) < 4.78 is 160. The first kappa shape index (κ1) is 54.4. The fourth-order valence-electron chi connectivity index (χ4n) is 7.77. The second-order valence-electron chi connectivity index (χ2n) is 15.8. The Kier molecular flexibility index (Phi) is 16.6. The van der Waals surface area contributed by atoms with E-state index < -0.39 is 140 Å². The fraction of sp³-hybridized carbons (Fsp3) is 0.350. The van der Waals surface area contributed by atoms with Crippen LogP contribution in [-0.4, -0.2) is 158 Å². The number of benzene rings is 4. The van der Waals surface area contributed by atoms with Crippen LogP contribution in [0, 0.1) is 0 Å². The molecular weight excluding hydrogens is 1020 g/mol. The van der Waals surface area contributed by atoms with Crippen molar-refractivity contribution in [3.8, 4) is 11.1 Å². The van der Waals surface area contributed by atoms with Crippen molar-refractivity contribution in [3.05, 3.63) is 131 Å². The van der Waals surface area contributed by atoms with E-state index in [1.165, 1.54) is 72.8 Å². The predicted octanol–water partition coefficient (Wildman–Crippen LogP) is -1.05. The zero-order valence-corrected chi connectivity index (χ0v) is 38.8. The lowest BCUT2D eigenvalue weighted by Crippen LogP contribution is -2.71. The minimum atomic E-state index is -5.47. The summed E-state index contributed by atoms with van der Waals surface area (Å²) in [6.07, 6.45) is -14.1. The number of amides is 2. The zero-order valence-electron chi connectivity index (χ0n) is 35.6. The molecular formula is C40H44N2O24S4. The molecule has 4 aromatic rings. The first-order valence-corrected chi connectivity index (χ1v) is 25.6. The highest BCUT2D eigenvalue weighted by atomic mass is 32.3. The maximum Gasteiger partial charge on any atom is 0.397 e. The molecule has 2 aliphatic heterocycles. The van der Waals surface area contributed by atoms with Crippen LogP contribution in [0.1, 0.15) is 31.8 Å². The molecule has 382 valence electrons. The van der Waals surface area contributed by atoms with E-state index in [0.717, 1.165) is 0 Å². The summed E-state index contributed by atoms with van der Waals surface area (Å²) in [7, 11) is -21.3. The van der Waals surface area contributed by atoms with Crippen molar-refractivity contribution in [2.75, 3.05) is 13.2 Å². The number of hydrogen-bond donors (Lipinski definition) is 10. The third-order valence-corrected chi connectivity index (χ3v) is 12.6. The van der Waals surface area contributed by atoms with E-state index in [9.17, 15) is 72.8 Å². The molecule has 4 aromatic carbocycles. The number of rotatable bonds is 19. The van der Waals surface area contributed by atoms with E-state index in [1.54, 1.807) is 36.4 Å². The summed E-state index contributed by atoms with van der Waals surface area (Å²) in [5.74, 6) is -7.52. The molecule has 26 nitrogen and oxygen atoms in total. The van der Waals surface area contributed by atoms with Crippen LogP contribution in [0.15, 0.2) is 109 Å². The van der Waals surface area contributed by atoms with Gasteiger partial charge in [-0.15, -0.1) is 0 Å². The van der Waals surface area contributed by atoms with Crippen LogP contribution in [0.3, 0.4) is 0 Å². The average molecular weight is 1070 g/mol. The van der Waals surface area contributed by atoms with Crippen molar-refractivity contribution < 1.29 is 108 Å². The van der Waals surface area contributed by atoms with Crippen LogP contribution in [0.5, 0.6) is 0 Å². The molecule has 0 unspecified atom stereocenters. The third-order valence-electron chi connectivity index (χ3n) is 10.8. The molecule has 2 aliphatic rings. The lowest BCUT2D eigenvalue weighted by Gasteiger charge is -2.48. The van der Waals surface area contributed by atoms with Gasteiger partial charge in [-0.1, -0.05) is 84.9 Å². The van der Waals surface area contributed by atoms with Crippen LogP contribution >= 0.6 is 0 Å². The summed E-state index contributed by atoms with van der Waals surface area (Å²) in [5.41, 5.74) is 1.16. The highest BCUT2D eigenvalue weighted by Crippen LogP contribution is 2.36. The molecule has 0 bridgehead atoms. The van der Waals surface area contributed by atoms with Gasteiger partial charge >= 0.3 is 41.6 Å². The fourth-order valence-corrected chi connectivity index (χ4v) is 9.39. The summed E-state index contributed by atoms with van der Waals surface area (Å²) in [4.78, 5) is 27.5. The Hall–Kier alpha value is -4.94. The Morgan fingerprint density at radius 1 is 0.500 bits per heavy atom. The van der Waals surface area contributed by atoms with E-state index >= 15 is 0 Å². The van der Waals surface area contributed by atoms with Gasteiger partial charge in [0.25, 0.3) is 11.8 Å². The first-order valence-electron chi connectivity index (χ1n) is 20.1. The van der Waals surface area contributed by atoms with E-state index in [4.69, 9.17) is 26.9 Å². The van der Waals surface area contributed by atoms with Crippen molar-refractivity contribution in [2.24, 2.45) is 0 Å². The van der Waals surface area contributed by atoms with E-state index in [0.29, 0.717) is 22.3 Å². The number of aliphatic hydroxyl groups is 4. The molecule has 0 spiro atoms. The number of ether oxygens (including phenoxy) is 2. The maximum absolute atomic E-state index is 13.8. The molecule has 6 rings (SSSR count). The van der Waals surface area contributed by atoms with Crippen LogP contribution in [0.4, 0.5) is 0 Å². The molecule has 2 saturated heterocycles. The topological polar surface area (TPSA) is 412 Å². The van der Waals surface area contributed by atoms with E-state index in [2.05, 4.69) is 19.0 Å². The van der Waals surface area contributed by atoms with E-state index in [-0.39, 0.29) is 11.1 Å². The van der Waals surface area contributed by atoms with Crippen molar-refractivity contribution in [2.45, 2.75) is 73.1 Å². The van der Waals surface area contributed by atoms with Crippen molar-refractivity contribution in [3.63, 3.8) is 0 Å². The van der Waals surface area contributed by atoms with Gasteiger partial charge in [0.1, 0.15) is 48.7 Å². The zero-order chi connectivity index (χ0) is 51.5. The van der Waals surface area contributed by atoms with Gasteiger partial charge in [0.15, 0.2) is 11.6 Å². The predicted molar refractivity (Wildman–Crippen MR) is 234 cm³/mol. The Morgan fingerprint density at radius 3 is 1.10 bits per heavy atom. The van der Waals surface area contributed by atoms with Crippen molar-refractivity contribution in [1.29, 1.82) is 0 Å². The number of nitrogens with one attached hydrogen (secondary N) is 2. The number of carbonyl (C=O) groups excluding carboxylic acids is 2. The van der Waals surface area contributed by atoms with Crippen molar-refractivity contribution >= 4 is 53.4 Å². The standard InChI is InChI=1S/C40H44N2O24S4/c43-31-29(21-61-67(49,50)51)63-39(47,19-23-7-3-1-4-8-23)35(33(31)65-69(55,56)57)41-37(45)27-15-11-25(12-16-27)26-13-17-28(18-14-26)38(46)42-36-34(66-70(58,59)60)32(44)30(22-62-68(52,53)54)64-40(36,48)20-24-9-5-2-6-10-24/h1-18,29-36,43-44,47-48H,19-22H2,(H,41,45)(H,42,46)(H,49,50,51)(H,52,53,54)(H,55,56,57)(H,58,59,60)/t29-,30-,31-,32-,33+,34+,35-,36-,39+,40+/m1/s1. The first-order chi connectivity index (χ1) is 32.5. The highest BCUT2D eigenvalue weighted by molar-refractivity contribution is 7.81. The molecule has 0 saturated carbocycles. The lowest BCUT2D eigenvalue weighted by atomic mass is 9.86. The largest absolute Gasteiger partial charge is 0.397 e. The third kappa shape index (κ3) is 14.6. The van der Waals surface area contributed by atoms with Gasteiger partial charge in [-0.2, -0.15) is 33.7 Å². The molecule has 10 N–H and O–H groups in total. The van der Waals surface area contributed by atoms with Gasteiger partial charge < -0.3 is 40.5 Å². The number of carbonyl (C=O) groups is 2. The molecule has 30 heteroatoms. The minimum Gasteiger partial charge on any atom is -0.387 e. The van der Waals surface area contributed by atoms with Gasteiger partial charge in [0, 0.05) is 24.0 Å². The van der Waals surface area contributed by atoms with Crippen LogP contribution in [-0.2, 0) is 80.6 Å². The molecule has 70 heavy (non-hydrogen) atoms. The van der Waals surface area contributed by atoms with Gasteiger partial charge in [-0.05, 0) is 46.5 Å². The summed E-state index contributed by atoms with van der Waals surface area (Å²) in [5, 5.41) is 50.7. The maximum atomic E-state index is 13.8. The van der Waals surface area contributed by atoms with Gasteiger partial charge in [0.2, 0.25) is 0 Å². The normalized spacial score (nSPS) is 27.6. The number of aliphatic hydroxyl groups excluding tert-OH is 2. The second kappa shape index (κ2) is 21.4. The summed E-state index contributed by atoms with van der Waals surface area (Å²) in [6, 6.07) is 22.2. The molecule has 2 amide bonds. The average Bonchev–Trinajstić information content (AvgIpc) is 3.27. The van der Waals surface area contributed by atoms with Crippen LogP contribution in [0.2, 0.25) is 0 Å². The summed E-state index contributed by atoms with van der Waals surface area (Å²) >= 11 is 0. The molecule has 0 radical (unpaired) electrons. The Morgan fingerprint density at radius 2 is 0.814 bits per heavy atom. The molecule has 2 fully saturated rings. The van der Waals surface area contributed by atoms with Gasteiger partial charge in [-0.3, -0.25) is 27.8 Å². The Bertz CT molecular complexity index is 2730. The monoisotopic (exact) mass is 1060 g/mol. The Labute approximate surface area is 399 Å². The van der Waals surface area contributed by atoms with Gasteiger partial charge in [-0.25, -0.2) is 16.7 Å². The molecule has 0 aromatic heterocycles. The quantitative estimate of drug-likeness (QED) is 0.0501. The second-order valence-corrected chi connectivity index (χ2v) is 20.0. The van der Waals surface area contributed by atoms with Crippen molar-refractivity contribution in [1.82, 2.24) is 10.6 Å². The number of hydrogen-bond acceptors (Lipinski definition) is 20. The highest BCUT2D eigenvalue weighted by Gasteiger charge is 2.58. The van der Waals surface area contributed by atoms with Crippen LogP contribution in [0.25, 0.3) is 11.1 Å². The minimum absolute atomic E-state index is 0.146. The Balaban J connectivity index is 1.23. The molecule has 2 heterocycles. The van der Waals surface area contributed by atoms with Crippen LogP contribution < -0.4 is 10.6 Å². The smallest absolute Gasteiger partial charge is 0.387 e. The SMILES string of the molecule is O=C(N[C@@H]1[C@@H](OS(=O)(=O)O)[C@H](O)[C@@H](COS(=O)(=O)O)O[C@@]1(O)Cc1ccccc1)c1ccc(-c2ccc(C(=O)N[C@@H]3[C@@H](OS(=O)(=O)O)[C@H](O)[C@@H](COS(=O)(=O)O)O[C@@]3(O)Cc3ccccc3)cc2)cc1. The van der Waals surface area contributed by atoms with Gasteiger partial charge in [0.05, 0.1) is 13.2 Å². The van der Waals surface area contributed by atoms with E-state index in [1.807, 2.05) is 0 Å². The molecule has 0 aliphatic carbocycles.